The summed E-state index contributed by atoms with van der Waals surface area (Å²) < 4.78 is 22.3. The van der Waals surface area contributed by atoms with E-state index in [1.807, 2.05) is 61.0 Å². The summed E-state index contributed by atoms with van der Waals surface area (Å²) >= 11 is 0. The number of aromatic nitrogens is 2. The highest BCUT2D eigenvalue weighted by Gasteiger charge is 2.21. The molecule has 3 aromatic carbocycles. The maximum atomic E-state index is 14.2. The van der Waals surface area contributed by atoms with Gasteiger partial charge < -0.3 is 9.30 Å². The fraction of sp³-hybridized carbons (Fsp3) is 0.154. The zero-order valence-electron chi connectivity index (χ0n) is 17.4. The Hall–Kier alpha value is -3.75. The Morgan fingerprint density at radius 1 is 1.06 bits per heavy atom. The van der Waals surface area contributed by atoms with Gasteiger partial charge in [-0.25, -0.2) is 9.37 Å². The van der Waals surface area contributed by atoms with Gasteiger partial charge in [0.05, 0.1) is 36.5 Å². The molecule has 5 heteroatoms. The molecular formula is C26H22FN3O. The van der Waals surface area contributed by atoms with Gasteiger partial charge in [0, 0.05) is 18.2 Å². The summed E-state index contributed by atoms with van der Waals surface area (Å²) in [6, 6.07) is 22.5. The molecule has 0 N–H and O–H groups in total. The number of benzene rings is 3. The van der Waals surface area contributed by atoms with Gasteiger partial charge in [-0.15, -0.1) is 0 Å². The lowest BCUT2D eigenvalue weighted by atomic mass is 9.93. The lowest BCUT2D eigenvalue weighted by molar-refractivity contribution is 0.0604. The van der Waals surface area contributed by atoms with E-state index < -0.39 is 6.10 Å². The maximum absolute atomic E-state index is 14.2. The van der Waals surface area contributed by atoms with E-state index in [-0.39, 0.29) is 12.4 Å². The predicted molar refractivity (Wildman–Crippen MR) is 118 cm³/mol. The van der Waals surface area contributed by atoms with Crippen LogP contribution in [-0.4, -0.2) is 9.55 Å². The minimum Gasteiger partial charge on any atom is -0.362 e. The van der Waals surface area contributed by atoms with Gasteiger partial charge in [-0.2, -0.15) is 5.26 Å². The third-order valence-electron chi connectivity index (χ3n) is 5.39. The molecule has 0 saturated heterocycles. The highest BCUT2D eigenvalue weighted by molar-refractivity contribution is 5.74. The van der Waals surface area contributed by atoms with Crippen molar-refractivity contribution in [2.75, 3.05) is 0 Å². The van der Waals surface area contributed by atoms with Crippen molar-refractivity contribution in [3.8, 4) is 17.2 Å². The monoisotopic (exact) mass is 411 g/mol. The van der Waals surface area contributed by atoms with Gasteiger partial charge in [-0.1, -0.05) is 48.5 Å². The van der Waals surface area contributed by atoms with Crippen LogP contribution in [0.4, 0.5) is 4.39 Å². The summed E-state index contributed by atoms with van der Waals surface area (Å²) in [6.07, 6.45) is 2.99. The van der Waals surface area contributed by atoms with Crippen molar-refractivity contribution >= 4 is 0 Å². The Morgan fingerprint density at radius 2 is 1.84 bits per heavy atom. The van der Waals surface area contributed by atoms with Crippen molar-refractivity contribution in [1.82, 2.24) is 9.55 Å². The molecular weight excluding hydrogens is 389 g/mol. The number of hydrogen-bond acceptors (Lipinski definition) is 3. The fourth-order valence-corrected chi connectivity index (χ4v) is 3.68. The Morgan fingerprint density at radius 3 is 2.55 bits per heavy atom. The Bertz CT molecular complexity index is 1260. The molecule has 31 heavy (non-hydrogen) atoms. The molecule has 4 rings (SSSR count). The zero-order chi connectivity index (χ0) is 21.8. The number of aryl methyl sites for hydroxylation is 2. The van der Waals surface area contributed by atoms with Crippen molar-refractivity contribution in [3.63, 3.8) is 0 Å². The van der Waals surface area contributed by atoms with Crippen LogP contribution in [0.25, 0.3) is 11.1 Å². The van der Waals surface area contributed by atoms with E-state index in [1.165, 1.54) is 6.07 Å². The summed E-state index contributed by atoms with van der Waals surface area (Å²) in [5, 5.41) is 9.67. The first kappa shape index (κ1) is 20.5. The molecule has 4 nitrogen and oxygen atoms in total. The quantitative estimate of drug-likeness (QED) is 0.408. The van der Waals surface area contributed by atoms with Crippen molar-refractivity contribution in [1.29, 1.82) is 5.26 Å². The highest BCUT2D eigenvalue weighted by atomic mass is 19.1. The topological polar surface area (TPSA) is 50.8 Å². The molecule has 0 aliphatic carbocycles. The van der Waals surface area contributed by atoms with Crippen LogP contribution >= 0.6 is 0 Å². The summed E-state index contributed by atoms with van der Waals surface area (Å²) in [5.41, 5.74) is 5.73. The SMILES string of the molecule is Cc1ccccc1-c1cc([C@@H](OCc2ccccc2F)c2cncn2C)ccc1C#N. The van der Waals surface area contributed by atoms with Gasteiger partial charge in [0.15, 0.2) is 0 Å². The van der Waals surface area contributed by atoms with Crippen LogP contribution in [0, 0.1) is 24.1 Å². The number of nitrogens with zero attached hydrogens (tertiary/aromatic N) is 3. The van der Waals surface area contributed by atoms with Gasteiger partial charge in [0.25, 0.3) is 0 Å². The average molecular weight is 411 g/mol. The molecule has 1 heterocycles. The van der Waals surface area contributed by atoms with E-state index in [0.717, 1.165) is 27.9 Å². The molecule has 0 radical (unpaired) electrons. The Balaban J connectivity index is 1.78. The zero-order valence-corrected chi connectivity index (χ0v) is 17.4. The lowest BCUT2D eigenvalue weighted by Crippen LogP contribution is -2.11. The first-order chi connectivity index (χ1) is 15.1. The minimum atomic E-state index is -0.470. The Kier molecular flexibility index (Phi) is 5.92. The van der Waals surface area contributed by atoms with Crippen LogP contribution < -0.4 is 0 Å². The molecule has 0 saturated carbocycles. The van der Waals surface area contributed by atoms with Gasteiger partial charge in [-0.3, -0.25) is 0 Å². The molecule has 154 valence electrons. The van der Waals surface area contributed by atoms with Gasteiger partial charge in [0.1, 0.15) is 11.9 Å². The number of ether oxygens (including phenoxy) is 1. The van der Waals surface area contributed by atoms with E-state index in [0.29, 0.717) is 11.1 Å². The average Bonchev–Trinajstić information content (AvgIpc) is 3.21. The van der Waals surface area contributed by atoms with Crippen LogP contribution in [0.3, 0.4) is 0 Å². The number of imidazole rings is 1. The fourth-order valence-electron chi connectivity index (χ4n) is 3.68. The van der Waals surface area contributed by atoms with Crippen LogP contribution in [0.2, 0.25) is 0 Å². The van der Waals surface area contributed by atoms with Crippen molar-refractivity contribution in [3.05, 3.63) is 113 Å². The van der Waals surface area contributed by atoms with Gasteiger partial charge >= 0.3 is 0 Å². The predicted octanol–water partition coefficient (Wildman–Crippen LogP) is 5.71. The smallest absolute Gasteiger partial charge is 0.128 e. The normalized spacial score (nSPS) is 11.8. The van der Waals surface area contributed by atoms with Crippen LogP contribution in [0.1, 0.15) is 34.1 Å². The third kappa shape index (κ3) is 4.25. The number of rotatable bonds is 6. The summed E-state index contributed by atoms with van der Waals surface area (Å²) in [5.74, 6) is -0.299. The molecule has 4 aromatic rings. The first-order valence-electron chi connectivity index (χ1n) is 9.99. The molecule has 0 fully saturated rings. The second kappa shape index (κ2) is 8.95. The van der Waals surface area contributed by atoms with Crippen LogP contribution in [0.15, 0.2) is 79.3 Å². The molecule has 0 bridgehead atoms. The molecule has 1 atom stereocenters. The van der Waals surface area contributed by atoms with Crippen LogP contribution in [-0.2, 0) is 18.4 Å². The summed E-state index contributed by atoms with van der Waals surface area (Å²) in [4.78, 5) is 4.23. The lowest BCUT2D eigenvalue weighted by Gasteiger charge is -2.21. The summed E-state index contributed by atoms with van der Waals surface area (Å²) in [7, 11) is 1.90. The van der Waals surface area contributed by atoms with Crippen LogP contribution in [0.5, 0.6) is 0 Å². The third-order valence-corrected chi connectivity index (χ3v) is 5.39. The number of hydrogen-bond donors (Lipinski definition) is 0. The van der Waals surface area contributed by atoms with Crippen molar-refractivity contribution < 1.29 is 9.13 Å². The van der Waals surface area contributed by atoms with E-state index in [9.17, 15) is 9.65 Å². The van der Waals surface area contributed by atoms with E-state index >= 15 is 0 Å². The van der Waals surface area contributed by atoms with E-state index in [4.69, 9.17) is 4.74 Å². The summed E-state index contributed by atoms with van der Waals surface area (Å²) in [6.45, 7) is 2.14. The van der Waals surface area contributed by atoms with Gasteiger partial charge in [0.2, 0.25) is 0 Å². The molecule has 1 aromatic heterocycles. The second-order valence-corrected chi connectivity index (χ2v) is 7.44. The highest BCUT2D eigenvalue weighted by Crippen LogP contribution is 2.33. The molecule has 0 aliphatic heterocycles. The van der Waals surface area contributed by atoms with E-state index in [2.05, 4.69) is 11.1 Å². The van der Waals surface area contributed by atoms with Crippen molar-refractivity contribution in [2.24, 2.45) is 7.05 Å². The number of halogens is 1. The number of nitriles is 1. The second-order valence-electron chi connectivity index (χ2n) is 7.44. The van der Waals surface area contributed by atoms with Crippen molar-refractivity contribution in [2.45, 2.75) is 19.6 Å². The molecule has 0 amide bonds. The maximum Gasteiger partial charge on any atom is 0.128 e. The molecule has 0 unspecified atom stereocenters. The first-order valence-corrected chi connectivity index (χ1v) is 9.99. The largest absolute Gasteiger partial charge is 0.362 e. The standard InChI is InChI=1S/C26H22FN3O/c1-18-7-3-5-9-22(18)23-13-19(11-12-20(23)14-28)26(25-15-29-17-30(25)2)31-16-21-8-4-6-10-24(21)27/h3-13,15,17,26H,16H2,1-2H3/t26-/m1/s1. The van der Waals surface area contributed by atoms with E-state index in [1.54, 1.807) is 30.7 Å². The van der Waals surface area contributed by atoms with Gasteiger partial charge in [-0.05, 0) is 41.8 Å². The molecule has 0 spiro atoms. The molecule has 0 aliphatic rings. The minimum absolute atomic E-state index is 0.113. The Labute approximate surface area is 181 Å².